The van der Waals surface area contributed by atoms with Crippen molar-refractivity contribution in [2.45, 2.75) is 13.0 Å². The third-order valence-electron chi connectivity index (χ3n) is 4.37. The van der Waals surface area contributed by atoms with Gasteiger partial charge in [-0.3, -0.25) is 4.79 Å². The first-order valence-corrected chi connectivity index (χ1v) is 9.74. The first-order valence-electron chi connectivity index (χ1n) is 8.92. The van der Waals surface area contributed by atoms with Gasteiger partial charge in [0.2, 0.25) is 5.88 Å². The maximum Gasteiger partial charge on any atom is 0.234 e. The van der Waals surface area contributed by atoms with E-state index in [1.807, 2.05) is 43.3 Å². The lowest BCUT2D eigenvalue weighted by Gasteiger charge is -2.16. The number of nitriles is 1. The number of ether oxygens (including phenoxy) is 1. The molecule has 29 heavy (non-hydrogen) atoms. The number of rotatable bonds is 6. The van der Waals surface area contributed by atoms with Crippen molar-refractivity contribution < 1.29 is 13.9 Å². The van der Waals surface area contributed by atoms with E-state index in [0.29, 0.717) is 28.9 Å². The Kier molecular flexibility index (Phi) is 5.23. The molecule has 1 atom stereocenters. The van der Waals surface area contributed by atoms with Crippen molar-refractivity contribution in [1.29, 1.82) is 5.26 Å². The monoisotopic (exact) mass is 400 g/mol. The van der Waals surface area contributed by atoms with E-state index >= 15 is 0 Å². The fraction of sp³-hybridized carbons (Fsp3) is 0.0870. The molecule has 0 saturated heterocycles. The molecule has 0 radical (unpaired) electrons. The predicted octanol–water partition coefficient (Wildman–Crippen LogP) is 5.57. The van der Waals surface area contributed by atoms with Gasteiger partial charge in [-0.15, -0.1) is 11.3 Å². The lowest BCUT2D eigenvalue weighted by molar-refractivity contribution is -0.114. The highest BCUT2D eigenvalue weighted by atomic mass is 32.1. The summed E-state index contributed by atoms with van der Waals surface area (Å²) in [7, 11) is 0. The SMILES string of the molecule is Cc1ccc(-c2cc(-c3ccco3)c(C#N)c(OC(C=O)c3ccccc3)n2)s1. The molecule has 0 spiro atoms. The molecule has 0 fully saturated rings. The summed E-state index contributed by atoms with van der Waals surface area (Å²) in [6, 6.07) is 20.6. The van der Waals surface area contributed by atoms with E-state index in [4.69, 9.17) is 9.15 Å². The average molecular weight is 400 g/mol. The molecule has 0 N–H and O–H groups in total. The number of pyridine rings is 1. The van der Waals surface area contributed by atoms with Crippen molar-refractivity contribution in [1.82, 2.24) is 4.98 Å². The van der Waals surface area contributed by atoms with Crippen LogP contribution in [-0.2, 0) is 4.79 Å². The van der Waals surface area contributed by atoms with Gasteiger partial charge in [-0.25, -0.2) is 4.98 Å². The minimum Gasteiger partial charge on any atom is -0.464 e. The predicted molar refractivity (Wildman–Crippen MR) is 111 cm³/mol. The summed E-state index contributed by atoms with van der Waals surface area (Å²) in [6.45, 7) is 2.01. The van der Waals surface area contributed by atoms with Crippen LogP contribution >= 0.6 is 11.3 Å². The van der Waals surface area contributed by atoms with Crippen molar-refractivity contribution >= 4 is 17.6 Å². The summed E-state index contributed by atoms with van der Waals surface area (Å²) in [5.74, 6) is 0.633. The first kappa shape index (κ1) is 18.7. The van der Waals surface area contributed by atoms with Gasteiger partial charge in [0, 0.05) is 10.4 Å². The number of aryl methyl sites for hydroxylation is 1. The van der Waals surface area contributed by atoms with Crippen molar-refractivity contribution in [2.75, 3.05) is 0 Å². The molecule has 1 aromatic carbocycles. The fourth-order valence-electron chi connectivity index (χ4n) is 2.98. The Morgan fingerprint density at radius 3 is 2.62 bits per heavy atom. The number of hydrogen-bond donors (Lipinski definition) is 0. The van der Waals surface area contributed by atoms with E-state index < -0.39 is 6.10 Å². The highest BCUT2D eigenvalue weighted by Crippen LogP contribution is 2.37. The number of carbonyl (C=O) groups is 1. The Balaban J connectivity index is 1.86. The van der Waals surface area contributed by atoms with Crippen LogP contribution in [0.3, 0.4) is 0 Å². The lowest BCUT2D eigenvalue weighted by Crippen LogP contribution is -2.11. The van der Waals surface area contributed by atoms with Gasteiger partial charge in [0.25, 0.3) is 0 Å². The maximum absolute atomic E-state index is 11.7. The van der Waals surface area contributed by atoms with Crippen molar-refractivity contribution in [3.8, 4) is 33.8 Å². The van der Waals surface area contributed by atoms with Crippen LogP contribution < -0.4 is 4.74 Å². The molecule has 0 aliphatic heterocycles. The van der Waals surface area contributed by atoms with Crippen molar-refractivity contribution in [3.05, 3.63) is 82.9 Å². The average Bonchev–Trinajstić information content (AvgIpc) is 3.44. The molecule has 142 valence electrons. The third-order valence-corrected chi connectivity index (χ3v) is 5.39. The van der Waals surface area contributed by atoms with Gasteiger partial charge in [0.1, 0.15) is 17.4 Å². The Morgan fingerprint density at radius 1 is 1.17 bits per heavy atom. The maximum atomic E-state index is 11.7. The minimum absolute atomic E-state index is 0.100. The molecule has 3 aromatic heterocycles. The zero-order valence-electron chi connectivity index (χ0n) is 15.5. The van der Waals surface area contributed by atoms with Crippen LogP contribution in [0.25, 0.3) is 21.9 Å². The van der Waals surface area contributed by atoms with E-state index in [9.17, 15) is 10.1 Å². The summed E-state index contributed by atoms with van der Waals surface area (Å²) in [6.07, 6.45) is 1.37. The lowest BCUT2D eigenvalue weighted by atomic mass is 10.1. The molecule has 0 amide bonds. The van der Waals surface area contributed by atoms with Gasteiger partial charge in [0.05, 0.1) is 16.8 Å². The standard InChI is InChI=1S/C23H16N2O3S/c1-15-9-10-22(29-15)19-12-17(20-8-5-11-27-20)18(13-24)23(25-19)28-21(14-26)16-6-3-2-4-7-16/h2-12,14,21H,1H3. The fourth-order valence-corrected chi connectivity index (χ4v) is 3.81. The molecule has 4 rings (SSSR count). The van der Waals surface area contributed by atoms with Gasteiger partial charge in [-0.2, -0.15) is 5.26 Å². The van der Waals surface area contributed by atoms with E-state index in [1.165, 1.54) is 0 Å². The number of nitrogens with zero attached hydrogens (tertiary/aromatic N) is 2. The van der Waals surface area contributed by atoms with Crippen LogP contribution in [0.15, 0.2) is 71.3 Å². The molecule has 4 aromatic rings. The van der Waals surface area contributed by atoms with E-state index in [2.05, 4.69) is 11.1 Å². The molecular weight excluding hydrogens is 384 g/mol. The second-order valence-electron chi connectivity index (χ2n) is 6.32. The van der Waals surface area contributed by atoms with Gasteiger partial charge in [-0.1, -0.05) is 30.3 Å². The number of aromatic nitrogens is 1. The van der Waals surface area contributed by atoms with E-state index in [-0.39, 0.29) is 11.4 Å². The molecule has 1 unspecified atom stereocenters. The van der Waals surface area contributed by atoms with Crippen LogP contribution in [0.5, 0.6) is 5.88 Å². The Bertz CT molecular complexity index is 1170. The molecule has 5 nitrogen and oxygen atoms in total. The highest BCUT2D eigenvalue weighted by molar-refractivity contribution is 7.15. The summed E-state index contributed by atoms with van der Waals surface area (Å²) in [5.41, 5.74) is 2.13. The van der Waals surface area contributed by atoms with Gasteiger partial charge in [-0.05, 0) is 42.8 Å². The van der Waals surface area contributed by atoms with Crippen molar-refractivity contribution in [2.24, 2.45) is 0 Å². The number of hydrogen-bond acceptors (Lipinski definition) is 6. The van der Waals surface area contributed by atoms with Crippen LogP contribution in [0, 0.1) is 18.3 Å². The zero-order valence-corrected chi connectivity index (χ0v) is 16.3. The minimum atomic E-state index is -0.874. The van der Waals surface area contributed by atoms with Gasteiger partial charge < -0.3 is 9.15 Å². The van der Waals surface area contributed by atoms with Gasteiger partial charge in [0.15, 0.2) is 12.4 Å². The second-order valence-corrected chi connectivity index (χ2v) is 7.61. The quantitative estimate of drug-likeness (QED) is 0.396. The largest absolute Gasteiger partial charge is 0.464 e. The van der Waals surface area contributed by atoms with Crippen LogP contribution in [0.4, 0.5) is 0 Å². The summed E-state index contributed by atoms with van der Waals surface area (Å²) >= 11 is 1.59. The molecule has 0 aliphatic rings. The van der Waals surface area contributed by atoms with Crippen LogP contribution in [0.2, 0.25) is 0 Å². The molecular formula is C23H16N2O3S. The Labute approximate surface area is 171 Å². The zero-order chi connectivity index (χ0) is 20.2. The topological polar surface area (TPSA) is 76.1 Å². The molecule has 0 bridgehead atoms. The Morgan fingerprint density at radius 2 is 2.00 bits per heavy atom. The molecule has 3 heterocycles. The number of thiophene rings is 1. The Hall–Kier alpha value is -3.69. The number of benzene rings is 1. The number of carbonyl (C=O) groups excluding carboxylic acids is 1. The second kappa shape index (κ2) is 8.13. The van der Waals surface area contributed by atoms with Crippen molar-refractivity contribution in [3.63, 3.8) is 0 Å². The summed E-state index contributed by atoms with van der Waals surface area (Å²) < 4.78 is 11.5. The number of aldehydes is 1. The van der Waals surface area contributed by atoms with E-state index in [0.717, 1.165) is 9.75 Å². The normalized spacial score (nSPS) is 11.6. The summed E-state index contributed by atoms with van der Waals surface area (Å²) in [5, 5.41) is 9.82. The van der Waals surface area contributed by atoms with Gasteiger partial charge >= 0.3 is 0 Å². The first-order chi connectivity index (χ1) is 14.2. The van der Waals surface area contributed by atoms with E-state index in [1.54, 1.807) is 41.9 Å². The van der Waals surface area contributed by atoms with Crippen LogP contribution in [-0.4, -0.2) is 11.3 Å². The summed E-state index contributed by atoms with van der Waals surface area (Å²) in [4.78, 5) is 18.4. The molecule has 0 saturated carbocycles. The number of furan rings is 1. The molecule has 6 heteroatoms. The highest BCUT2D eigenvalue weighted by Gasteiger charge is 2.22. The third kappa shape index (κ3) is 3.82. The molecule has 0 aliphatic carbocycles. The van der Waals surface area contributed by atoms with Crippen LogP contribution in [0.1, 0.15) is 22.1 Å². The smallest absolute Gasteiger partial charge is 0.234 e.